The third-order valence-electron chi connectivity index (χ3n) is 2.99. The van der Waals surface area contributed by atoms with Crippen molar-refractivity contribution in [2.45, 2.75) is 5.75 Å². The molecule has 0 saturated carbocycles. The highest BCUT2D eigenvalue weighted by molar-refractivity contribution is 7.90. The Kier molecular flexibility index (Phi) is 7.25. The lowest BCUT2D eigenvalue weighted by Crippen LogP contribution is -2.14. The van der Waals surface area contributed by atoms with Crippen LogP contribution in [-0.4, -0.2) is 22.2 Å². The predicted octanol–water partition coefficient (Wildman–Crippen LogP) is 4.28. The first-order valence-corrected chi connectivity index (χ1v) is 9.35. The number of amides is 1. The quantitative estimate of drug-likeness (QED) is 0.710. The molecule has 1 N–H and O–H groups in total. The molecular formula is C16H13Cl3N2O3S. The van der Waals surface area contributed by atoms with Crippen LogP contribution in [0, 0.1) is 0 Å². The fraction of sp³-hybridized carbons (Fsp3) is 0.125. The van der Waals surface area contributed by atoms with E-state index in [0.717, 1.165) is 5.56 Å². The van der Waals surface area contributed by atoms with Gasteiger partial charge in [0.25, 0.3) is 5.91 Å². The van der Waals surface area contributed by atoms with Crippen molar-refractivity contribution in [1.29, 1.82) is 0 Å². The van der Waals surface area contributed by atoms with Gasteiger partial charge in [-0.3, -0.25) is 9.00 Å². The number of carbonyl (C=O) groups excluding carboxylic acids is 1. The van der Waals surface area contributed by atoms with Crippen LogP contribution in [0.3, 0.4) is 0 Å². The molecule has 1 atom stereocenters. The van der Waals surface area contributed by atoms with E-state index in [1.807, 2.05) is 0 Å². The van der Waals surface area contributed by atoms with Crippen molar-refractivity contribution >= 4 is 57.2 Å². The van der Waals surface area contributed by atoms with Gasteiger partial charge in [-0.1, -0.05) is 46.9 Å². The molecule has 0 bridgehead atoms. The Morgan fingerprint density at radius 3 is 2.44 bits per heavy atom. The van der Waals surface area contributed by atoms with Crippen LogP contribution >= 0.6 is 34.8 Å². The van der Waals surface area contributed by atoms with Gasteiger partial charge in [-0.2, -0.15) is 0 Å². The van der Waals surface area contributed by atoms with E-state index in [1.165, 1.54) is 13.3 Å². The van der Waals surface area contributed by atoms with Crippen molar-refractivity contribution < 1.29 is 13.7 Å². The molecule has 0 fully saturated rings. The topological polar surface area (TPSA) is 68.3 Å². The van der Waals surface area contributed by atoms with Crippen molar-refractivity contribution in [1.82, 2.24) is 4.98 Å². The molecule has 0 unspecified atom stereocenters. The van der Waals surface area contributed by atoms with Crippen LogP contribution in [0.15, 0.2) is 52.0 Å². The fourth-order valence-electron chi connectivity index (χ4n) is 1.75. The third-order valence-corrected chi connectivity index (χ3v) is 5.71. The lowest BCUT2D eigenvalue weighted by Gasteiger charge is -2.07. The van der Waals surface area contributed by atoms with E-state index in [1.54, 1.807) is 36.4 Å². The number of halogens is 3. The second-order valence-electron chi connectivity index (χ2n) is 4.75. The van der Waals surface area contributed by atoms with Crippen molar-refractivity contribution in [3.63, 3.8) is 0 Å². The number of ether oxygens (including phenoxy) is 1. The van der Waals surface area contributed by atoms with Gasteiger partial charge in [0.05, 0.1) is 35.5 Å². The van der Waals surface area contributed by atoms with Gasteiger partial charge in [-0.25, -0.2) is 4.98 Å². The van der Waals surface area contributed by atoms with Gasteiger partial charge in [-0.05, 0) is 23.8 Å². The Labute approximate surface area is 162 Å². The number of pyridine rings is 1. The highest BCUT2D eigenvalue weighted by Crippen LogP contribution is 2.23. The van der Waals surface area contributed by atoms with E-state index in [2.05, 4.69) is 10.3 Å². The summed E-state index contributed by atoms with van der Waals surface area (Å²) in [6, 6.07) is 9.97. The molecule has 1 amide bonds. The van der Waals surface area contributed by atoms with E-state index in [9.17, 15) is 9.00 Å². The first-order chi connectivity index (χ1) is 11.9. The van der Waals surface area contributed by atoms with Gasteiger partial charge in [0, 0.05) is 11.1 Å². The summed E-state index contributed by atoms with van der Waals surface area (Å²) < 4.78 is 17.0. The van der Waals surface area contributed by atoms with E-state index >= 15 is 0 Å². The number of anilines is 1. The number of benzene rings is 1. The molecule has 132 valence electrons. The van der Waals surface area contributed by atoms with Gasteiger partial charge in [0.2, 0.25) is 5.88 Å². The number of hydrogen-bond donors (Lipinski definition) is 1. The van der Waals surface area contributed by atoms with Crippen LogP contribution in [0.4, 0.5) is 5.69 Å². The van der Waals surface area contributed by atoms with Gasteiger partial charge in [-0.15, -0.1) is 0 Å². The standard InChI is InChI=1S/C16H13Cl3N2O3S/c1-24-13-7-6-12(8-20-13)21-16(22)14(18)15(19)25(23)9-10-2-4-11(17)5-3-10/h2-8H,9H2,1H3,(H,21,22)/b15-14+/t25-/m0/s1. The number of hydrogen-bond acceptors (Lipinski definition) is 4. The summed E-state index contributed by atoms with van der Waals surface area (Å²) in [5, 5.41) is 2.75. The number of nitrogens with one attached hydrogen (secondary N) is 1. The minimum atomic E-state index is -1.66. The van der Waals surface area contributed by atoms with Crippen LogP contribution in [0.5, 0.6) is 5.88 Å². The molecule has 25 heavy (non-hydrogen) atoms. The van der Waals surface area contributed by atoms with E-state index in [0.29, 0.717) is 16.6 Å². The zero-order chi connectivity index (χ0) is 18.4. The molecule has 2 rings (SSSR count). The molecule has 1 aromatic heterocycles. The van der Waals surface area contributed by atoms with Crippen LogP contribution in [-0.2, 0) is 21.3 Å². The zero-order valence-electron chi connectivity index (χ0n) is 13.0. The summed E-state index contributed by atoms with van der Waals surface area (Å²) in [6.45, 7) is 0. The number of nitrogens with zero attached hydrogens (tertiary/aromatic N) is 1. The highest BCUT2D eigenvalue weighted by Gasteiger charge is 2.17. The first-order valence-electron chi connectivity index (χ1n) is 6.90. The molecule has 0 radical (unpaired) electrons. The van der Waals surface area contributed by atoms with Gasteiger partial charge in [0.1, 0.15) is 9.40 Å². The van der Waals surface area contributed by atoms with Gasteiger partial charge < -0.3 is 10.1 Å². The van der Waals surface area contributed by atoms with Gasteiger partial charge in [0.15, 0.2) is 0 Å². The molecular weight excluding hydrogens is 407 g/mol. The monoisotopic (exact) mass is 418 g/mol. The summed E-state index contributed by atoms with van der Waals surface area (Å²) in [6.07, 6.45) is 1.40. The van der Waals surface area contributed by atoms with E-state index in [4.69, 9.17) is 39.5 Å². The average Bonchev–Trinajstić information content (AvgIpc) is 2.62. The minimum Gasteiger partial charge on any atom is -0.481 e. The molecule has 9 heteroatoms. The van der Waals surface area contributed by atoms with E-state index < -0.39 is 16.7 Å². The molecule has 1 aromatic carbocycles. The summed E-state index contributed by atoms with van der Waals surface area (Å²) in [7, 11) is -0.180. The number of rotatable bonds is 6. The number of aromatic nitrogens is 1. The second-order valence-corrected chi connectivity index (χ2v) is 7.55. The van der Waals surface area contributed by atoms with Crippen LogP contribution in [0.2, 0.25) is 5.02 Å². The largest absolute Gasteiger partial charge is 0.481 e. The van der Waals surface area contributed by atoms with Crippen LogP contribution in [0.25, 0.3) is 0 Å². The average molecular weight is 420 g/mol. The summed E-state index contributed by atoms with van der Waals surface area (Å²) in [5.41, 5.74) is 1.15. The van der Waals surface area contributed by atoms with Crippen molar-refractivity contribution in [2.75, 3.05) is 12.4 Å². The first kappa shape index (κ1) is 19.7. The maximum atomic E-state index is 12.3. The maximum Gasteiger partial charge on any atom is 0.269 e. The SMILES string of the molecule is COc1ccc(NC(=O)/C(Cl)=C(/Cl)[S@@](=O)Cc2ccc(Cl)cc2)cn1. The second kappa shape index (κ2) is 9.20. The Hall–Kier alpha value is -1.60. The number of methoxy groups -OCH3 is 1. The highest BCUT2D eigenvalue weighted by atomic mass is 35.5. The lowest BCUT2D eigenvalue weighted by atomic mass is 10.2. The summed E-state index contributed by atoms with van der Waals surface area (Å²) in [4.78, 5) is 16.1. The fourth-order valence-corrected chi connectivity index (χ4v) is 3.34. The molecule has 0 aliphatic carbocycles. The molecule has 0 spiro atoms. The van der Waals surface area contributed by atoms with Crippen LogP contribution < -0.4 is 10.1 Å². The summed E-state index contributed by atoms with van der Waals surface area (Å²) in [5.74, 6) is -0.159. The Morgan fingerprint density at radius 1 is 1.20 bits per heavy atom. The molecule has 0 aliphatic heterocycles. The molecule has 0 aliphatic rings. The Morgan fingerprint density at radius 2 is 1.88 bits per heavy atom. The van der Waals surface area contributed by atoms with Crippen LogP contribution in [0.1, 0.15) is 5.56 Å². The molecule has 1 heterocycles. The zero-order valence-corrected chi connectivity index (χ0v) is 16.0. The minimum absolute atomic E-state index is 0.115. The number of carbonyl (C=O) groups is 1. The van der Waals surface area contributed by atoms with Gasteiger partial charge >= 0.3 is 0 Å². The smallest absolute Gasteiger partial charge is 0.269 e. The van der Waals surface area contributed by atoms with Crippen molar-refractivity contribution in [2.24, 2.45) is 0 Å². The molecule has 0 saturated heterocycles. The maximum absolute atomic E-state index is 12.3. The van der Waals surface area contributed by atoms with Crippen molar-refractivity contribution in [3.05, 3.63) is 62.6 Å². The molecule has 2 aromatic rings. The normalized spacial score (nSPS) is 13.0. The summed E-state index contributed by atoms with van der Waals surface area (Å²) >= 11 is 17.8. The van der Waals surface area contributed by atoms with E-state index in [-0.39, 0.29) is 15.1 Å². The third kappa shape index (κ3) is 5.71. The molecule has 5 nitrogen and oxygen atoms in total. The lowest BCUT2D eigenvalue weighted by molar-refractivity contribution is -0.112. The Balaban J connectivity index is 2.06. The Bertz CT molecular complexity index is 808. The predicted molar refractivity (Wildman–Crippen MR) is 101 cm³/mol. The van der Waals surface area contributed by atoms with Crippen molar-refractivity contribution in [3.8, 4) is 5.88 Å².